The van der Waals surface area contributed by atoms with E-state index in [0.717, 1.165) is 31.0 Å². The molecule has 2 saturated carbocycles. The molecule has 0 amide bonds. The Balaban J connectivity index is 1.84. The lowest BCUT2D eigenvalue weighted by Gasteiger charge is -2.42. The van der Waals surface area contributed by atoms with Crippen molar-refractivity contribution in [2.24, 2.45) is 17.8 Å². The molecule has 2 fully saturated rings. The van der Waals surface area contributed by atoms with Crippen LogP contribution < -0.4 is 5.32 Å². The van der Waals surface area contributed by atoms with E-state index in [2.05, 4.69) is 33.0 Å². The van der Waals surface area contributed by atoms with Gasteiger partial charge in [0.15, 0.2) is 0 Å². The van der Waals surface area contributed by atoms with Crippen LogP contribution >= 0.6 is 0 Å². The van der Waals surface area contributed by atoms with Crippen molar-refractivity contribution in [2.45, 2.75) is 90.7 Å². The summed E-state index contributed by atoms with van der Waals surface area (Å²) < 4.78 is 6.53. The zero-order valence-electron chi connectivity index (χ0n) is 14.8. The fraction of sp³-hybridized carbons (Fsp3) is 1.00. The van der Waals surface area contributed by atoms with Crippen molar-refractivity contribution in [2.75, 3.05) is 13.2 Å². The molecule has 1 N–H and O–H groups in total. The molecule has 0 aromatic carbocycles. The van der Waals surface area contributed by atoms with E-state index in [9.17, 15) is 0 Å². The third kappa shape index (κ3) is 5.56. The summed E-state index contributed by atoms with van der Waals surface area (Å²) >= 11 is 0. The number of hydrogen-bond acceptors (Lipinski definition) is 2. The predicted octanol–water partition coefficient (Wildman–Crippen LogP) is 4.78. The van der Waals surface area contributed by atoms with E-state index < -0.39 is 0 Å². The highest BCUT2D eigenvalue weighted by atomic mass is 16.5. The largest absolute Gasteiger partial charge is 0.373 e. The van der Waals surface area contributed by atoms with Crippen LogP contribution in [0.15, 0.2) is 0 Å². The summed E-state index contributed by atoms with van der Waals surface area (Å²) in [5, 5.41) is 3.74. The van der Waals surface area contributed by atoms with Crippen molar-refractivity contribution >= 4 is 0 Å². The lowest BCUT2D eigenvalue weighted by Crippen LogP contribution is -2.47. The van der Waals surface area contributed by atoms with Crippen LogP contribution in [0.25, 0.3) is 0 Å². The van der Waals surface area contributed by atoms with Crippen molar-refractivity contribution in [1.82, 2.24) is 5.32 Å². The molecule has 0 radical (unpaired) electrons. The molecule has 0 aromatic rings. The lowest BCUT2D eigenvalue weighted by atomic mass is 9.74. The van der Waals surface area contributed by atoms with Crippen LogP contribution in [0.3, 0.4) is 0 Å². The van der Waals surface area contributed by atoms with E-state index in [4.69, 9.17) is 4.74 Å². The fourth-order valence-electron chi connectivity index (χ4n) is 3.72. The molecular formula is C19H37NO. The van der Waals surface area contributed by atoms with Crippen molar-refractivity contribution < 1.29 is 4.74 Å². The molecule has 2 aliphatic rings. The molecule has 2 rings (SSSR count). The van der Waals surface area contributed by atoms with E-state index in [1.165, 1.54) is 51.4 Å². The van der Waals surface area contributed by atoms with Gasteiger partial charge >= 0.3 is 0 Å². The normalized spacial score (nSPS) is 31.6. The van der Waals surface area contributed by atoms with Gasteiger partial charge in [0, 0.05) is 19.2 Å². The molecule has 0 aliphatic heterocycles. The molecule has 2 aliphatic carbocycles. The number of hydrogen-bond donors (Lipinski definition) is 1. The first-order valence-electron chi connectivity index (χ1n) is 9.42. The van der Waals surface area contributed by atoms with Crippen LogP contribution in [0.2, 0.25) is 0 Å². The highest BCUT2D eigenvalue weighted by Crippen LogP contribution is 2.38. The maximum absolute atomic E-state index is 6.53. The Hall–Kier alpha value is -0.0800. The molecule has 124 valence electrons. The molecule has 0 spiro atoms. The summed E-state index contributed by atoms with van der Waals surface area (Å²) in [7, 11) is 0. The molecule has 1 atom stereocenters. The molecule has 0 bridgehead atoms. The van der Waals surface area contributed by atoms with Crippen LogP contribution in [-0.2, 0) is 4.74 Å². The van der Waals surface area contributed by atoms with Gasteiger partial charge in [-0.15, -0.1) is 0 Å². The van der Waals surface area contributed by atoms with Crippen molar-refractivity contribution in [3.8, 4) is 0 Å². The summed E-state index contributed by atoms with van der Waals surface area (Å²) in [4.78, 5) is 0. The van der Waals surface area contributed by atoms with Gasteiger partial charge in [-0.1, -0.05) is 34.1 Å². The zero-order valence-corrected chi connectivity index (χ0v) is 14.8. The maximum Gasteiger partial charge on any atom is 0.0806 e. The predicted molar refractivity (Wildman–Crippen MR) is 90.6 cm³/mol. The third-order valence-electron chi connectivity index (χ3n) is 5.63. The molecule has 0 saturated heterocycles. The molecule has 0 heterocycles. The summed E-state index contributed by atoms with van der Waals surface area (Å²) in [5.41, 5.74) is 0.135. The van der Waals surface area contributed by atoms with E-state index in [1.54, 1.807) is 0 Å². The number of nitrogens with one attached hydrogen (secondary N) is 1. The van der Waals surface area contributed by atoms with Gasteiger partial charge < -0.3 is 10.1 Å². The highest BCUT2D eigenvalue weighted by molar-refractivity contribution is 4.93. The number of rotatable bonds is 9. The molecule has 2 heteroatoms. The Morgan fingerprint density at radius 3 is 2.29 bits per heavy atom. The van der Waals surface area contributed by atoms with Gasteiger partial charge in [0.1, 0.15) is 0 Å². The van der Waals surface area contributed by atoms with E-state index >= 15 is 0 Å². The first kappa shape index (κ1) is 17.3. The van der Waals surface area contributed by atoms with Gasteiger partial charge in [0.25, 0.3) is 0 Å². The molecule has 21 heavy (non-hydrogen) atoms. The van der Waals surface area contributed by atoms with Gasteiger partial charge in [-0.05, 0) is 62.7 Å². The quantitative estimate of drug-likeness (QED) is 0.661. The Labute approximate surface area is 132 Å². The third-order valence-corrected chi connectivity index (χ3v) is 5.63. The van der Waals surface area contributed by atoms with Crippen LogP contribution in [0.4, 0.5) is 0 Å². The average molecular weight is 296 g/mol. The second-order valence-electron chi connectivity index (χ2n) is 8.12. The summed E-state index contributed by atoms with van der Waals surface area (Å²) in [6.07, 6.45) is 10.5. The molecular weight excluding hydrogens is 258 g/mol. The van der Waals surface area contributed by atoms with E-state index in [1.807, 2.05) is 0 Å². The minimum atomic E-state index is 0.135. The first-order valence-corrected chi connectivity index (χ1v) is 9.42. The molecule has 2 nitrogen and oxygen atoms in total. The zero-order chi connectivity index (χ0) is 15.3. The SMILES string of the molecule is CCCC(C)COC1(CNC2CC2)CCC(C(C)C)CC1. The standard InChI is InChI=1S/C19H37NO/c1-5-6-16(4)13-21-19(14-20-18-7-8-18)11-9-17(10-12-19)15(2)3/h15-18,20H,5-14H2,1-4H3. The Morgan fingerprint density at radius 2 is 1.76 bits per heavy atom. The molecule has 0 aromatic heterocycles. The van der Waals surface area contributed by atoms with E-state index in [-0.39, 0.29) is 5.60 Å². The lowest BCUT2D eigenvalue weighted by molar-refractivity contribution is -0.0907. The van der Waals surface area contributed by atoms with Crippen LogP contribution in [0, 0.1) is 17.8 Å². The topological polar surface area (TPSA) is 21.3 Å². The molecule has 1 unspecified atom stereocenters. The van der Waals surface area contributed by atoms with Crippen LogP contribution in [0.1, 0.15) is 79.1 Å². The van der Waals surface area contributed by atoms with Gasteiger partial charge in [-0.2, -0.15) is 0 Å². The Bertz CT molecular complexity index is 290. The number of ether oxygens (including phenoxy) is 1. The summed E-state index contributed by atoms with van der Waals surface area (Å²) in [5.74, 6) is 2.45. The minimum absolute atomic E-state index is 0.135. The summed E-state index contributed by atoms with van der Waals surface area (Å²) in [6, 6.07) is 0.793. The smallest absolute Gasteiger partial charge is 0.0806 e. The second kappa shape index (κ2) is 7.97. The van der Waals surface area contributed by atoms with Crippen molar-refractivity contribution in [3.63, 3.8) is 0 Å². The van der Waals surface area contributed by atoms with Crippen LogP contribution in [-0.4, -0.2) is 24.8 Å². The van der Waals surface area contributed by atoms with Gasteiger partial charge in [-0.25, -0.2) is 0 Å². The minimum Gasteiger partial charge on any atom is -0.373 e. The average Bonchev–Trinajstić information content (AvgIpc) is 3.28. The Morgan fingerprint density at radius 1 is 1.10 bits per heavy atom. The van der Waals surface area contributed by atoms with Gasteiger partial charge in [0.2, 0.25) is 0 Å². The highest BCUT2D eigenvalue weighted by Gasteiger charge is 2.38. The van der Waals surface area contributed by atoms with Gasteiger partial charge in [-0.3, -0.25) is 0 Å². The summed E-state index contributed by atoms with van der Waals surface area (Å²) in [6.45, 7) is 11.4. The van der Waals surface area contributed by atoms with Crippen molar-refractivity contribution in [3.05, 3.63) is 0 Å². The van der Waals surface area contributed by atoms with Crippen LogP contribution in [0.5, 0.6) is 0 Å². The van der Waals surface area contributed by atoms with Crippen molar-refractivity contribution in [1.29, 1.82) is 0 Å². The fourth-order valence-corrected chi connectivity index (χ4v) is 3.72. The Kier molecular flexibility index (Phi) is 6.55. The maximum atomic E-state index is 6.53. The second-order valence-corrected chi connectivity index (χ2v) is 8.12. The van der Waals surface area contributed by atoms with Gasteiger partial charge in [0.05, 0.1) is 5.60 Å². The monoisotopic (exact) mass is 295 g/mol. The first-order chi connectivity index (χ1) is 10.0. The van der Waals surface area contributed by atoms with E-state index in [0.29, 0.717) is 5.92 Å².